The molecule has 0 aliphatic carbocycles. The monoisotopic (exact) mass is 437 g/mol. The number of fused-ring (bicyclic) bond motifs is 1. The van der Waals surface area contributed by atoms with Crippen molar-refractivity contribution in [2.75, 3.05) is 4.72 Å². The molecule has 0 radical (unpaired) electrons. The van der Waals surface area contributed by atoms with Gasteiger partial charge in [-0.05, 0) is 42.2 Å². The van der Waals surface area contributed by atoms with Crippen LogP contribution in [-0.4, -0.2) is 23.4 Å². The number of pyridine rings is 1. The molecule has 4 aromatic rings. The third-order valence-electron chi connectivity index (χ3n) is 5.11. The summed E-state index contributed by atoms with van der Waals surface area (Å²) in [6.07, 6.45) is 3.10. The Morgan fingerprint density at radius 2 is 1.77 bits per heavy atom. The van der Waals surface area contributed by atoms with Crippen LogP contribution >= 0.6 is 0 Å². The van der Waals surface area contributed by atoms with E-state index in [1.807, 2.05) is 30.3 Å². The molecule has 4 rings (SSSR count). The zero-order valence-electron chi connectivity index (χ0n) is 17.9. The average Bonchev–Trinajstić information content (AvgIpc) is 3.06. The van der Waals surface area contributed by atoms with Crippen LogP contribution in [0.25, 0.3) is 16.5 Å². The lowest BCUT2D eigenvalue weighted by Crippen LogP contribution is -2.28. The Bertz CT molecular complexity index is 1370. The topological polar surface area (TPSA) is 88.1 Å². The van der Waals surface area contributed by atoms with E-state index in [-0.39, 0.29) is 10.3 Å². The zero-order valence-corrected chi connectivity index (χ0v) is 18.7. The first kappa shape index (κ1) is 20.9. The van der Waals surface area contributed by atoms with Crippen LogP contribution in [0.3, 0.4) is 0 Å². The Hall–Kier alpha value is -3.39. The van der Waals surface area contributed by atoms with Gasteiger partial charge in [0.2, 0.25) is 12.4 Å². The number of hydrogen-bond acceptors (Lipinski definition) is 4. The SMILES string of the molecule is Cc1cc(NS(=O)(=O)c2ccc(C(C)(C)C)cc2)n(-c2cccc3c[n+](O)ccc23)n1. The molecule has 0 aliphatic heterocycles. The minimum atomic E-state index is -3.81. The van der Waals surface area contributed by atoms with Crippen LogP contribution in [0.4, 0.5) is 5.82 Å². The quantitative estimate of drug-likeness (QED) is 0.374. The number of benzene rings is 2. The first-order valence-corrected chi connectivity index (χ1v) is 11.4. The van der Waals surface area contributed by atoms with Gasteiger partial charge in [0.05, 0.1) is 21.7 Å². The summed E-state index contributed by atoms with van der Waals surface area (Å²) in [6, 6.07) is 15.9. The highest BCUT2D eigenvalue weighted by atomic mass is 32.2. The van der Waals surface area contributed by atoms with Crippen LogP contribution in [0.1, 0.15) is 32.0 Å². The minimum absolute atomic E-state index is 0.0630. The van der Waals surface area contributed by atoms with Crippen molar-refractivity contribution in [1.82, 2.24) is 9.78 Å². The molecule has 0 saturated carbocycles. The zero-order chi connectivity index (χ0) is 22.4. The summed E-state index contributed by atoms with van der Waals surface area (Å²) >= 11 is 0. The van der Waals surface area contributed by atoms with Crippen molar-refractivity contribution >= 4 is 26.6 Å². The van der Waals surface area contributed by atoms with Crippen molar-refractivity contribution in [2.45, 2.75) is 38.0 Å². The number of nitrogens with zero attached hydrogens (tertiary/aromatic N) is 3. The molecule has 0 fully saturated rings. The van der Waals surface area contributed by atoms with Crippen molar-refractivity contribution in [2.24, 2.45) is 0 Å². The smallest absolute Gasteiger partial charge is 0.263 e. The highest BCUT2D eigenvalue weighted by Gasteiger charge is 2.21. The van der Waals surface area contributed by atoms with Gasteiger partial charge in [-0.1, -0.05) is 39.0 Å². The van der Waals surface area contributed by atoms with Gasteiger partial charge < -0.3 is 0 Å². The van der Waals surface area contributed by atoms with Crippen molar-refractivity contribution in [3.8, 4) is 5.69 Å². The summed E-state index contributed by atoms with van der Waals surface area (Å²) in [5.41, 5.74) is 2.37. The third-order valence-corrected chi connectivity index (χ3v) is 6.48. The molecule has 0 unspecified atom stereocenters. The van der Waals surface area contributed by atoms with Crippen LogP contribution in [-0.2, 0) is 15.4 Å². The summed E-state index contributed by atoms with van der Waals surface area (Å²) in [5, 5.41) is 15.8. The van der Waals surface area contributed by atoms with Gasteiger partial charge in [0.15, 0.2) is 0 Å². The predicted molar refractivity (Wildman–Crippen MR) is 119 cm³/mol. The van der Waals surface area contributed by atoms with Crippen molar-refractivity contribution < 1.29 is 18.4 Å². The van der Waals surface area contributed by atoms with Gasteiger partial charge in [-0.25, -0.2) is 13.1 Å². The molecular formula is C23H25N4O3S+. The molecule has 0 amide bonds. The van der Waals surface area contributed by atoms with Gasteiger partial charge in [-0.3, -0.25) is 9.93 Å². The molecule has 0 saturated heterocycles. The summed E-state index contributed by atoms with van der Waals surface area (Å²) in [6.45, 7) is 8.05. The average molecular weight is 438 g/mol. The molecular weight excluding hydrogens is 412 g/mol. The fourth-order valence-corrected chi connectivity index (χ4v) is 4.51. The fourth-order valence-electron chi connectivity index (χ4n) is 3.47. The summed E-state index contributed by atoms with van der Waals surface area (Å²) < 4.78 is 31.4. The van der Waals surface area contributed by atoms with E-state index in [0.717, 1.165) is 21.1 Å². The van der Waals surface area contributed by atoms with E-state index in [2.05, 4.69) is 30.6 Å². The van der Waals surface area contributed by atoms with Crippen molar-refractivity contribution in [3.05, 3.63) is 78.2 Å². The summed E-state index contributed by atoms with van der Waals surface area (Å²) in [5.74, 6) is 0.339. The Labute approximate surface area is 181 Å². The van der Waals surface area contributed by atoms with E-state index in [1.54, 1.807) is 42.1 Å². The second-order valence-corrected chi connectivity index (χ2v) is 10.2. The Morgan fingerprint density at radius 1 is 1.06 bits per heavy atom. The number of anilines is 1. The van der Waals surface area contributed by atoms with Crippen LogP contribution in [0.2, 0.25) is 0 Å². The lowest BCUT2D eigenvalue weighted by atomic mass is 9.87. The maximum Gasteiger partial charge on any atom is 0.263 e. The standard InChI is InChI=1S/C23H25N4O3S/c1-16-14-22(25-31(29,30)19-10-8-18(9-11-19)23(2,3)4)27(24-16)21-7-5-6-17-15-26(28)13-12-20(17)21/h5-15,25,28H,1-4H3/q+1. The van der Waals surface area contributed by atoms with Crippen molar-refractivity contribution in [3.63, 3.8) is 0 Å². The van der Waals surface area contributed by atoms with E-state index in [0.29, 0.717) is 17.2 Å². The fraction of sp³-hybridized carbons (Fsp3) is 0.217. The third kappa shape index (κ3) is 4.11. The van der Waals surface area contributed by atoms with Gasteiger partial charge in [-0.15, -0.1) is 0 Å². The normalized spacial score (nSPS) is 12.3. The lowest BCUT2D eigenvalue weighted by molar-refractivity contribution is -0.903. The molecule has 8 heteroatoms. The van der Waals surface area contributed by atoms with E-state index in [1.165, 1.54) is 6.20 Å². The van der Waals surface area contributed by atoms with Crippen molar-refractivity contribution in [1.29, 1.82) is 0 Å². The molecule has 2 aromatic heterocycles. The maximum atomic E-state index is 13.1. The predicted octanol–water partition coefficient (Wildman–Crippen LogP) is 3.96. The number of rotatable bonds is 4. The van der Waals surface area contributed by atoms with E-state index >= 15 is 0 Å². The molecule has 2 heterocycles. The number of aromatic nitrogens is 3. The van der Waals surface area contributed by atoms with Gasteiger partial charge in [0.25, 0.3) is 10.0 Å². The molecule has 0 atom stereocenters. The molecule has 2 aromatic carbocycles. The Morgan fingerprint density at radius 3 is 2.45 bits per heavy atom. The lowest BCUT2D eigenvalue weighted by Gasteiger charge is -2.19. The summed E-state index contributed by atoms with van der Waals surface area (Å²) in [4.78, 5) is 0.185. The molecule has 31 heavy (non-hydrogen) atoms. The number of nitrogens with one attached hydrogen (secondary N) is 1. The minimum Gasteiger partial charge on any atom is -0.285 e. The molecule has 0 spiro atoms. The van der Waals surface area contributed by atoms with E-state index < -0.39 is 10.0 Å². The first-order chi connectivity index (χ1) is 14.5. The largest absolute Gasteiger partial charge is 0.285 e. The molecule has 160 valence electrons. The summed E-state index contributed by atoms with van der Waals surface area (Å²) in [7, 11) is -3.81. The van der Waals surface area contributed by atoms with Gasteiger partial charge in [0, 0.05) is 22.2 Å². The van der Waals surface area contributed by atoms with E-state index in [4.69, 9.17) is 0 Å². The highest BCUT2D eigenvalue weighted by molar-refractivity contribution is 7.92. The van der Waals surface area contributed by atoms with Crippen LogP contribution in [0.5, 0.6) is 0 Å². The second-order valence-electron chi connectivity index (χ2n) is 8.57. The van der Waals surface area contributed by atoms with Gasteiger partial charge in [-0.2, -0.15) is 5.10 Å². The van der Waals surface area contributed by atoms with Crippen LogP contribution in [0, 0.1) is 6.92 Å². The first-order valence-electron chi connectivity index (χ1n) is 9.88. The van der Waals surface area contributed by atoms with Crippen LogP contribution in [0.15, 0.2) is 71.9 Å². The highest BCUT2D eigenvalue weighted by Crippen LogP contribution is 2.27. The Kier molecular flexibility index (Phi) is 4.97. The van der Waals surface area contributed by atoms with Gasteiger partial charge >= 0.3 is 0 Å². The number of aryl methyl sites for hydroxylation is 1. The molecule has 7 nitrogen and oxygen atoms in total. The molecule has 0 aliphatic rings. The van der Waals surface area contributed by atoms with Gasteiger partial charge in [0.1, 0.15) is 5.82 Å². The number of sulfonamides is 1. The van der Waals surface area contributed by atoms with E-state index in [9.17, 15) is 13.6 Å². The number of hydrogen-bond donors (Lipinski definition) is 2. The maximum absolute atomic E-state index is 13.1. The second kappa shape index (κ2) is 7.39. The molecule has 2 N–H and O–H groups in total. The van der Waals surface area contributed by atoms with Crippen LogP contribution < -0.4 is 9.45 Å². The Balaban J connectivity index is 1.75. The molecule has 0 bridgehead atoms.